The van der Waals surface area contributed by atoms with Crippen molar-refractivity contribution < 1.29 is 27.9 Å². The van der Waals surface area contributed by atoms with Crippen LogP contribution in [-0.2, 0) is 21.4 Å². The minimum absolute atomic E-state index is 0.0694. The molecule has 1 aliphatic heterocycles. The smallest absolute Gasteiger partial charge is 0.411 e. The standard InChI is InChI=1S/C42H67N3O6S/c1-4-6-8-10-12-13-14-15-16-17-18-19-21-23-31-52(49,50)44-28-30-45(44,29-22-20-11-9-7-5-2)39-26-27-40(36(3)32-39)43-42(48)51-35-37-24-25-38(34-46)41(47)33-37/h24-27,32-34H,4-23,28-31,35H2,1-3H3,(H-,43,46,47,48)/p+1. The number of carbonyl (C=O) groups is 2. The summed E-state index contributed by atoms with van der Waals surface area (Å²) in [6.07, 6.45) is 24.0. The number of aryl methyl sites for hydroxylation is 1. The molecular formula is C42H68N3O6S+. The Morgan fingerprint density at radius 1 is 0.808 bits per heavy atom. The van der Waals surface area contributed by atoms with Gasteiger partial charge in [-0.2, -0.15) is 4.59 Å². The lowest BCUT2D eigenvalue weighted by atomic mass is 10.0. The van der Waals surface area contributed by atoms with Gasteiger partial charge in [-0.15, -0.1) is 0 Å². The van der Waals surface area contributed by atoms with Gasteiger partial charge in [0.15, 0.2) is 12.0 Å². The summed E-state index contributed by atoms with van der Waals surface area (Å²) in [5.41, 5.74) is 3.05. The number of rotatable bonds is 28. The predicted octanol–water partition coefficient (Wildman–Crippen LogP) is 11.0. The normalized spacial score (nSPS) is 16.1. The first kappa shape index (κ1) is 43.5. The summed E-state index contributed by atoms with van der Waals surface area (Å²) in [4.78, 5) is 23.6. The number of aldehydes is 1. The molecule has 9 nitrogen and oxygen atoms in total. The molecule has 3 rings (SSSR count). The third-order valence-corrected chi connectivity index (χ3v) is 12.5. The molecule has 1 atom stereocenters. The molecule has 0 aliphatic carbocycles. The zero-order valence-electron chi connectivity index (χ0n) is 32.5. The number of hydrogen-bond acceptors (Lipinski definition) is 6. The first-order valence-electron chi connectivity index (χ1n) is 20.4. The summed E-state index contributed by atoms with van der Waals surface area (Å²) in [5.74, 6) is 0.0179. The minimum atomic E-state index is -3.45. The maximum atomic E-state index is 13.8. The molecule has 1 unspecified atom stereocenters. The van der Waals surface area contributed by atoms with Gasteiger partial charge in [-0.05, 0) is 59.9 Å². The molecule has 2 aromatic rings. The average molecular weight is 743 g/mol. The van der Waals surface area contributed by atoms with E-state index in [-0.39, 0.29) is 23.7 Å². The molecule has 1 amide bonds. The van der Waals surface area contributed by atoms with Gasteiger partial charge in [0.2, 0.25) is 0 Å². The van der Waals surface area contributed by atoms with Gasteiger partial charge < -0.3 is 9.84 Å². The van der Waals surface area contributed by atoms with Crippen molar-refractivity contribution in [2.24, 2.45) is 0 Å². The number of nitrogens with one attached hydrogen (secondary N) is 1. The van der Waals surface area contributed by atoms with Crippen LogP contribution in [0.2, 0.25) is 0 Å². The highest BCUT2D eigenvalue weighted by Crippen LogP contribution is 2.38. The molecule has 1 aliphatic rings. The van der Waals surface area contributed by atoms with Crippen LogP contribution in [0.15, 0.2) is 36.4 Å². The molecule has 2 N–H and O–H groups in total. The zero-order chi connectivity index (χ0) is 37.7. The molecule has 52 heavy (non-hydrogen) atoms. The molecule has 2 aromatic carbocycles. The maximum Gasteiger partial charge on any atom is 0.411 e. The number of hydrogen-bond donors (Lipinski definition) is 2. The fourth-order valence-electron chi connectivity index (χ4n) is 7.27. The highest BCUT2D eigenvalue weighted by atomic mass is 32.2. The van der Waals surface area contributed by atoms with Crippen molar-refractivity contribution >= 4 is 33.8 Å². The summed E-state index contributed by atoms with van der Waals surface area (Å²) >= 11 is 0. The van der Waals surface area contributed by atoms with Crippen molar-refractivity contribution in [2.75, 3.05) is 30.7 Å². The highest BCUT2D eigenvalue weighted by Gasteiger charge is 2.53. The summed E-state index contributed by atoms with van der Waals surface area (Å²) in [6, 6.07) is 10.3. The quantitative estimate of drug-likeness (QED) is 0.0510. The third kappa shape index (κ3) is 14.1. The lowest BCUT2D eigenvalue weighted by Gasteiger charge is -2.51. The molecule has 292 valence electrons. The van der Waals surface area contributed by atoms with Gasteiger partial charge in [-0.25, -0.2) is 13.2 Å². The van der Waals surface area contributed by atoms with Gasteiger partial charge >= 0.3 is 6.09 Å². The van der Waals surface area contributed by atoms with E-state index in [1.165, 1.54) is 102 Å². The van der Waals surface area contributed by atoms with Crippen LogP contribution in [0.5, 0.6) is 5.75 Å². The van der Waals surface area contributed by atoms with Gasteiger partial charge in [0.1, 0.15) is 32.0 Å². The van der Waals surface area contributed by atoms with Gasteiger partial charge in [0.25, 0.3) is 10.0 Å². The molecule has 1 fully saturated rings. The van der Waals surface area contributed by atoms with E-state index in [2.05, 4.69) is 19.2 Å². The molecule has 0 spiro atoms. The first-order chi connectivity index (χ1) is 25.2. The number of phenols is 1. The highest BCUT2D eigenvalue weighted by molar-refractivity contribution is 7.89. The van der Waals surface area contributed by atoms with Gasteiger partial charge in [-0.1, -0.05) is 129 Å². The van der Waals surface area contributed by atoms with E-state index in [1.54, 1.807) is 10.5 Å². The molecule has 1 heterocycles. The largest absolute Gasteiger partial charge is 0.507 e. The Morgan fingerprint density at radius 3 is 1.87 bits per heavy atom. The van der Waals surface area contributed by atoms with Gasteiger partial charge in [0, 0.05) is 17.8 Å². The minimum Gasteiger partial charge on any atom is -0.507 e. The molecule has 0 bridgehead atoms. The Balaban J connectivity index is 1.53. The SMILES string of the molecule is CCCCCCCCCCCCCCCCS(=O)(=O)N1CC[N+]1(CCCCCCCC)c1ccc(NC(=O)OCc2ccc(C=O)c(O)c2)c(C)c1. The zero-order valence-corrected chi connectivity index (χ0v) is 33.3. The van der Waals surface area contributed by atoms with Crippen LogP contribution in [0.3, 0.4) is 0 Å². The van der Waals surface area contributed by atoms with Crippen molar-refractivity contribution in [1.29, 1.82) is 0 Å². The number of sulfonamides is 1. The average Bonchev–Trinajstić information content (AvgIpc) is 3.11. The number of unbranched alkanes of at least 4 members (excludes halogenated alkanes) is 18. The van der Waals surface area contributed by atoms with Gasteiger partial charge in [-0.3, -0.25) is 10.1 Å². The van der Waals surface area contributed by atoms with E-state index in [9.17, 15) is 23.1 Å². The van der Waals surface area contributed by atoms with Crippen molar-refractivity contribution in [3.05, 3.63) is 53.1 Å². The Hall–Kier alpha value is -2.95. The number of quaternary nitrogens is 1. The fourth-order valence-corrected chi connectivity index (χ4v) is 9.14. The van der Waals surface area contributed by atoms with Crippen molar-refractivity contribution in [2.45, 2.75) is 156 Å². The topological polar surface area (TPSA) is 113 Å². The third-order valence-electron chi connectivity index (χ3n) is 10.6. The summed E-state index contributed by atoms with van der Waals surface area (Å²) in [5, 5.41) is 12.7. The van der Waals surface area contributed by atoms with Crippen LogP contribution in [0.4, 0.5) is 16.2 Å². The van der Waals surface area contributed by atoms with E-state index in [1.807, 2.05) is 25.1 Å². The predicted molar refractivity (Wildman–Crippen MR) is 214 cm³/mol. The van der Waals surface area contributed by atoms with Crippen molar-refractivity contribution in [1.82, 2.24) is 9.01 Å². The van der Waals surface area contributed by atoms with Crippen LogP contribution < -0.4 is 9.91 Å². The number of carbonyl (C=O) groups excluding carboxylic acids is 2. The molecule has 10 heteroatoms. The van der Waals surface area contributed by atoms with E-state index in [0.29, 0.717) is 35.1 Å². The Kier molecular flexibility index (Phi) is 19.8. The lowest BCUT2D eigenvalue weighted by molar-refractivity contribution is -0.0234. The summed E-state index contributed by atoms with van der Waals surface area (Å²) in [6.45, 7) is 8.29. The van der Waals surface area contributed by atoms with Crippen molar-refractivity contribution in [3.63, 3.8) is 0 Å². The van der Waals surface area contributed by atoms with Crippen molar-refractivity contribution in [3.8, 4) is 5.75 Å². The van der Waals surface area contributed by atoms with Crippen LogP contribution in [0, 0.1) is 6.92 Å². The summed E-state index contributed by atoms with van der Waals surface area (Å²) < 4.78 is 35.1. The second-order valence-electron chi connectivity index (χ2n) is 14.8. The van der Waals surface area contributed by atoms with E-state index in [0.717, 1.165) is 56.4 Å². The molecule has 0 radical (unpaired) electrons. The Bertz CT molecular complexity index is 1470. The fraction of sp³-hybridized carbons (Fsp3) is 0.667. The van der Waals surface area contributed by atoms with Gasteiger partial charge in [0.05, 0.1) is 11.3 Å². The molecule has 1 saturated heterocycles. The second-order valence-corrected chi connectivity index (χ2v) is 16.8. The number of amides is 1. The second kappa shape index (κ2) is 23.7. The number of nitrogens with zero attached hydrogens (tertiary/aromatic N) is 2. The summed E-state index contributed by atoms with van der Waals surface area (Å²) in [7, 11) is -3.45. The van der Waals surface area contributed by atoms with Crippen LogP contribution in [0.25, 0.3) is 0 Å². The lowest BCUT2D eigenvalue weighted by Crippen LogP contribution is -2.75. The van der Waals surface area contributed by atoms with Crippen LogP contribution in [0.1, 0.15) is 164 Å². The maximum absolute atomic E-state index is 13.8. The monoisotopic (exact) mass is 742 g/mol. The number of anilines is 1. The van der Waals surface area contributed by atoms with Crippen LogP contribution in [-0.4, -0.2) is 55.7 Å². The number of aromatic hydroxyl groups is 1. The Labute approximate surface area is 315 Å². The Morgan fingerprint density at radius 2 is 1.37 bits per heavy atom. The van der Waals surface area contributed by atoms with E-state index in [4.69, 9.17) is 4.74 Å². The molecule has 0 saturated carbocycles. The van der Waals surface area contributed by atoms with E-state index < -0.39 is 16.1 Å². The number of phenolic OH excluding ortho intramolecular Hbond substituents is 1. The number of ether oxygens (including phenoxy) is 1. The first-order valence-corrected chi connectivity index (χ1v) is 22.0. The number of benzene rings is 2. The molecular weight excluding hydrogens is 675 g/mol. The van der Waals surface area contributed by atoms with Crippen LogP contribution >= 0.6 is 0 Å². The van der Waals surface area contributed by atoms with E-state index >= 15 is 0 Å². The molecule has 0 aromatic heterocycles.